The van der Waals surface area contributed by atoms with Crippen molar-refractivity contribution < 1.29 is 19.0 Å². The number of nitrogens with zero attached hydrogens (tertiary/aromatic N) is 1. The van der Waals surface area contributed by atoms with Crippen molar-refractivity contribution in [1.82, 2.24) is 4.57 Å². The normalized spacial score (nSPS) is 13.4. The van der Waals surface area contributed by atoms with Gasteiger partial charge in [0, 0.05) is 35.9 Å². The summed E-state index contributed by atoms with van der Waals surface area (Å²) < 4.78 is 18.7. The van der Waals surface area contributed by atoms with E-state index in [0.717, 1.165) is 52.0 Å². The van der Waals surface area contributed by atoms with Gasteiger partial charge in [-0.1, -0.05) is 42.5 Å². The van der Waals surface area contributed by atoms with Gasteiger partial charge >= 0.3 is 6.09 Å². The fraction of sp³-hybridized carbons (Fsp3) is 0.276. The van der Waals surface area contributed by atoms with Crippen LogP contribution < -0.4 is 15.8 Å². The standard InChI is InChI=1S/C29H31N3O4/c1-34-16-17-35-24-14-15-25-26(18-24)32(23-8-5-9-23)28(27(25)30)21-10-12-22(13-11-21)31-29(33)36-19-20-6-3-2-4-7-20/h2-4,6-7,10-15,18,23H,5,8-9,16-17,19,30H2,1H3,(H,31,33). The monoisotopic (exact) mass is 485 g/mol. The summed E-state index contributed by atoms with van der Waals surface area (Å²) in [7, 11) is 1.66. The van der Waals surface area contributed by atoms with Gasteiger partial charge in [-0.05, 0) is 49.1 Å². The van der Waals surface area contributed by atoms with Crippen LogP contribution in [0.1, 0.15) is 30.9 Å². The van der Waals surface area contributed by atoms with E-state index in [1.165, 1.54) is 6.42 Å². The van der Waals surface area contributed by atoms with Crippen LogP contribution in [0.2, 0.25) is 0 Å². The van der Waals surface area contributed by atoms with Gasteiger partial charge in [0.15, 0.2) is 0 Å². The molecule has 0 atom stereocenters. The van der Waals surface area contributed by atoms with E-state index < -0.39 is 6.09 Å². The third-order valence-electron chi connectivity index (χ3n) is 6.63. The van der Waals surface area contributed by atoms with E-state index in [1.54, 1.807) is 7.11 Å². The summed E-state index contributed by atoms with van der Waals surface area (Å²) in [6.07, 6.45) is 2.97. The van der Waals surface area contributed by atoms with Crippen molar-refractivity contribution in [2.45, 2.75) is 31.9 Å². The van der Waals surface area contributed by atoms with E-state index in [4.69, 9.17) is 19.9 Å². The maximum atomic E-state index is 12.3. The summed E-state index contributed by atoms with van der Waals surface area (Å²) >= 11 is 0. The predicted molar refractivity (Wildman–Crippen MR) is 142 cm³/mol. The highest BCUT2D eigenvalue weighted by Crippen LogP contribution is 2.44. The summed E-state index contributed by atoms with van der Waals surface area (Å²) in [6, 6.07) is 23.8. The lowest BCUT2D eigenvalue weighted by atomic mass is 9.92. The zero-order valence-electron chi connectivity index (χ0n) is 20.4. The SMILES string of the molecule is COCCOc1ccc2c(N)c(-c3ccc(NC(=O)OCc4ccccc4)cc3)n(C3CCC3)c2c1. The number of hydrogen-bond donors (Lipinski definition) is 2. The first-order valence-electron chi connectivity index (χ1n) is 12.3. The molecule has 4 aromatic rings. The van der Waals surface area contributed by atoms with Crippen molar-refractivity contribution in [2.75, 3.05) is 31.4 Å². The maximum Gasteiger partial charge on any atom is 0.411 e. The highest BCUT2D eigenvalue weighted by atomic mass is 16.5. The average Bonchev–Trinajstić information content (AvgIpc) is 3.14. The summed E-state index contributed by atoms with van der Waals surface area (Å²) in [6.45, 7) is 1.26. The molecule has 1 heterocycles. The number of ether oxygens (including phenoxy) is 3. The minimum atomic E-state index is -0.490. The highest BCUT2D eigenvalue weighted by molar-refractivity contribution is 6.01. The van der Waals surface area contributed by atoms with Crippen molar-refractivity contribution in [1.29, 1.82) is 0 Å². The molecule has 0 radical (unpaired) electrons. The Morgan fingerprint density at radius 1 is 1.03 bits per heavy atom. The maximum absolute atomic E-state index is 12.3. The summed E-state index contributed by atoms with van der Waals surface area (Å²) in [5, 5.41) is 3.81. The molecule has 7 heteroatoms. The number of rotatable bonds is 9. The van der Waals surface area contributed by atoms with Gasteiger partial charge in [0.25, 0.3) is 0 Å². The molecule has 0 saturated heterocycles. The molecule has 1 aliphatic rings. The van der Waals surface area contributed by atoms with E-state index in [-0.39, 0.29) is 6.61 Å². The van der Waals surface area contributed by atoms with E-state index in [2.05, 4.69) is 16.0 Å². The van der Waals surface area contributed by atoms with Crippen molar-refractivity contribution in [2.24, 2.45) is 0 Å². The predicted octanol–water partition coefficient (Wildman–Crippen LogP) is 6.39. The third-order valence-corrected chi connectivity index (χ3v) is 6.63. The third kappa shape index (κ3) is 5.02. The van der Waals surface area contributed by atoms with Gasteiger partial charge in [-0.3, -0.25) is 5.32 Å². The van der Waals surface area contributed by atoms with Gasteiger partial charge in [-0.15, -0.1) is 0 Å². The Balaban J connectivity index is 1.37. The van der Waals surface area contributed by atoms with Crippen molar-refractivity contribution in [3.63, 3.8) is 0 Å². The van der Waals surface area contributed by atoms with E-state index >= 15 is 0 Å². The number of fused-ring (bicyclic) bond motifs is 1. The van der Waals surface area contributed by atoms with Crippen LogP contribution in [0.5, 0.6) is 5.75 Å². The number of amides is 1. The molecule has 186 valence electrons. The van der Waals surface area contributed by atoms with Crippen molar-refractivity contribution in [3.8, 4) is 17.0 Å². The van der Waals surface area contributed by atoms with Crippen LogP contribution in [-0.4, -0.2) is 31.0 Å². The molecule has 1 aromatic heterocycles. The molecule has 1 fully saturated rings. The summed E-state index contributed by atoms with van der Waals surface area (Å²) in [5.74, 6) is 0.803. The lowest BCUT2D eigenvalue weighted by Crippen LogP contribution is -2.18. The number of aromatic nitrogens is 1. The van der Waals surface area contributed by atoms with Crippen LogP contribution in [0.15, 0.2) is 72.8 Å². The van der Waals surface area contributed by atoms with Crippen molar-refractivity contribution >= 4 is 28.4 Å². The molecule has 0 unspecified atom stereocenters. The molecule has 1 amide bonds. The zero-order chi connectivity index (χ0) is 24.9. The fourth-order valence-electron chi connectivity index (χ4n) is 4.56. The molecule has 36 heavy (non-hydrogen) atoms. The molecular formula is C29H31N3O4. The average molecular weight is 486 g/mol. The number of nitrogens with two attached hydrogens (primary N) is 1. The quantitative estimate of drug-likeness (QED) is 0.268. The second-order valence-corrected chi connectivity index (χ2v) is 9.00. The lowest BCUT2D eigenvalue weighted by molar-refractivity contribution is 0.146. The number of nitrogens with one attached hydrogen (secondary N) is 1. The van der Waals surface area contributed by atoms with Gasteiger partial charge in [0.1, 0.15) is 19.0 Å². The smallest absolute Gasteiger partial charge is 0.411 e. The van der Waals surface area contributed by atoms with Gasteiger partial charge in [0.2, 0.25) is 0 Å². The largest absolute Gasteiger partial charge is 0.491 e. The Kier molecular flexibility index (Phi) is 7.09. The summed E-state index contributed by atoms with van der Waals surface area (Å²) in [4.78, 5) is 12.3. The second-order valence-electron chi connectivity index (χ2n) is 9.00. The van der Waals surface area contributed by atoms with E-state index in [0.29, 0.717) is 24.9 Å². The van der Waals surface area contributed by atoms with Crippen LogP contribution in [0, 0.1) is 0 Å². The van der Waals surface area contributed by atoms with Gasteiger partial charge in [-0.25, -0.2) is 4.79 Å². The first-order valence-corrected chi connectivity index (χ1v) is 12.3. The first-order chi connectivity index (χ1) is 17.6. The number of anilines is 2. The lowest BCUT2D eigenvalue weighted by Gasteiger charge is -2.30. The first kappa shape index (κ1) is 23.8. The number of nitrogen functional groups attached to an aromatic ring is 1. The molecule has 5 rings (SSSR count). The topological polar surface area (TPSA) is 87.7 Å². The molecule has 3 N–H and O–H groups in total. The van der Waals surface area contributed by atoms with E-state index in [9.17, 15) is 4.79 Å². The van der Waals surface area contributed by atoms with Gasteiger partial charge < -0.3 is 24.5 Å². The molecular weight excluding hydrogens is 454 g/mol. The molecule has 0 aliphatic heterocycles. The minimum absolute atomic E-state index is 0.222. The molecule has 7 nitrogen and oxygen atoms in total. The Morgan fingerprint density at radius 3 is 2.50 bits per heavy atom. The van der Waals surface area contributed by atoms with Crippen LogP contribution in [0.3, 0.4) is 0 Å². The zero-order valence-corrected chi connectivity index (χ0v) is 20.4. The molecule has 0 bridgehead atoms. The Hall–Kier alpha value is -3.97. The number of hydrogen-bond acceptors (Lipinski definition) is 5. The molecule has 1 saturated carbocycles. The molecule has 3 aromatic carbocycles. The van der Waals surface area contributed by atoms with Crippen LogP contribution in [0.25, 0.3) is 22.2 Å². The second kappa shape index (κ2) is 10.7. The van der Waals surface area contributed by atoms with Crippen molar-refractivity contribution in [3.05, 3.63) is 78.4 Å². The highest BCUT2D eigenvalue weighted by Gasteiger charge is 2.27. The number of methoxy groups -OCH3 is 1. The van der Waals surface area contributed by atoms with Gasteiger partial charge in [-0.2, -0.15) is 0 Å². The number of benzene rings is 3. The number of carbonyl (C=O) groups excluding carboxylic acids is 1. The van der Waals surface area contributed by atoms with Crippen LogP contribution >= 0.6 is 0 Å². The Morgan fingerprint density at radius 2 is 1.81 bits per heavy atom. The molecule has 1 aliphatic carbocycles. The Bertz CT molecular complexity index is 1330. The van der Waals surface area contributed by atoms with E-state index in [1.807, 2.05) is 66.7 Å². The number of carbonyl (C=O) groups is 1. The van der Waals surface area contributed by atoms with Gasteiger partial charge in [0.05, 0.1) is 23.5 Å². The Labute approximate surface area is 210 Å². The minimum Gasteiger partial charge on any atom is -0.491 e. The van der Waals surface area contributed by atoms with Crippen LogP contribution in [-0.2, 0) is 16.1 Å². The molecule has 0 spiro atoms. The summed E-state index contributed by atoms with van der Waals surface area (Å²) in [5.41, 5.74) is 12.1. The van der Waals surface area contributed by atoms with Crippen LogP contribution in [0.4, 0.5) is 16.2 Å². The fourth-order valence-corrected chi connectivity index (χ4v) is 4.56.